The van der Waals surface area contributed by atoms with E-state index in [1.807, 2.05) is 48.5 Å². The van der Waals surface area contributed by atoms with E-state index < -0.39 is 18.0 Å². The average molecular weight is 489 g/mol. The van der Waals surface area contributed by atoms with Crippen LogP contribution in [0.4, 0.5) is 0 Å². The Hall–Kier alpha value is -2.20. The molecule has 8 nitrogen and oxygen atoms in total. The summed E-state index contributed by atoms with van der Waals surface area (Å²) in [6.45, 7) is 1.50. The molecule has 2 aromatic carbocycles. The molecule has 35 heavy (non-hydrogen) atoms. The van der Waals surface area contributed by atoms with Crippen LogP contribution in [-0.4, -0.2) is 67.8 Å². The summed E-state index contributed by atoms with van der Waals surface area (Å²) in [6.07, 6.45) is -0.298. The number of benzene rings is 2. The molecule has 0 aromatic heterocycles. The summed E-state index contributed by atoms with van der Waals surface area (Å²) in [6, 6.07) is 15.4. The number of rotatable bonds is 10. The van der Waals surface area contributed by atoms with Crippen molar-refractivity contribution in [3.63, 3.8) is 0 Å². The van der Waals surface area contributed by atoms with Crippen LogP contribution in [0.2, 0.25) is 0 Å². The molecule has 0 amide bonds. The van der Waals surface area contributed by atoms with Crippen molar-refractivity contribution in [2.75, 3.05) is 27.4 Å². The number of hydrogen-bond acceptors (Lipinski definition) is 8. The first-order valence-electron chi connectivity index (χ1n) is 12.1. The lowest BCUT2D eigenvalue weighted by Crippen LogP contribution is -2.56. The van der Waals surface area contributed by atoms with Crippen LogP contribution in [-0.2, 0) is 32.2 Å². The maximum absolute atomic E-state index is 10.6. The van der Waals surface area contributed by atoms with E-state index in [1.54, 1.807) is 14.2 Å². The third-order valence-electron chi connectivity index (χ3n) is 6.39. The Morgan fingerprint density at radius 2 is 1.11 bits per heavy atom. The van der Waals surface area contributed by atoms with E-state index in [2.05, 4.69) is 0 Å². The number of ether oxygens (including phenoxy) is 6. The molecule has 2 heterocycles. The van der Waals surface area contributed by atoms with Crippen molar-refractivity contribution in [1.82, 2.24) is 0 Å². The molecule has 2 fully saturated rings. The topological polar surface area (TPSA) is 95.8 Å². The zero-order chi connectivity index (χ0) is 24.7. The van der Waals surface area contributed by atoms with E-state index in [0.717, 1.165) is 22.6 Å². The second-order valence-electron chi connectivity index (χ2n) is 9.30. The van der Waals surface area contributed by atoms with Crippen molar-refractivity contribution in [2.24, 2.45) is 0 Å². The van der Waals surface area contributed by atoms with Crippen LogP contribution in [0.1, 0.15) is 36.8 Å². The fraction of sp³-hybridized carbons (Fsp3) is 0.556. The Balaban J connectivity index is 1.27. The van der Waals surface area contributed by atoms with Crippen LogP contribution in [0.25, 0.3) is 0 Å². The molecule has 2 aliphatic rings. The van der Waals surface area contributed by atoms with Gasteiger partial charge < -0.3 is 38.6 Å². The van der Waals surface area contributed by atoms with Crippen molar-refractivity contribution in [3.8, 4) is 11.5 Å². The van der Waals surface area contributed by atoms with E-state index in [9.17, 15) is 10.2 Å². The molecule has 2 saturated heterocycles. The Bertz CT molecular complexity index is 825. The zero-order valence-corrected chi connectivity index (χ0v) is 20.4. The van der Waals surface area contributed by atoms with Crippen LogP contribution >= 0.6 is 0 Å². The number of aliphatic hydroxyl groups excluding tert-OH is 2. The van der Waals surface area contributed by atoms with Crippen molar-refractivity contribution in [3.05, 3.63) is 59.7 Å². The molecule has 2 N–H and O–H groups in total. The van der Waals surface area contributed by atoms with Gasteiger partial charge in [0.25, 0.3) is 0 Å². The van der Waals surface area contributed by atoms with Gasteiger partial charge >= 0.3 is 0 Å². The van der Waals surface area contributed by atoms with Crippen LogP contribution in [0.15, 0.2) is 48.5 Å². The molecule has 4 unspecified atom stereocenters. The van der Waals surface area contributed by atoms with Gasteiger partial charge in [-0.2, -0.15) is 0 Å². The van der Waals surface area contributed by atoms with Gasteiger partial charge in [-0.25, -0.2) is 0 Å². The fourth-order valence-corrected chi connectivity index (χ4v) is 4.76. The highest BCUT2D eigenvalue weighted by Crippen LogP contribution is 2.39. The zero-order valence-electron chi connectivity index (χ0n) is 20.4. The first-order chi connectivity index (χ1) is 17.0. The molecule has 0 bridgehead atoms. The molecular formula is C27H36O8. The Labute approximate surface area is 206 Å². The predicted molar refractivity (Wildman–Crippen MR) is 128 cm³/mol. The lowest BCUT2D eigenvalue weighted by molar-refractivity contribution is -0.346. The molecule has 192 valence electrons. The number of hydrogen-bond donors (Lipinski definition) is 2. The maximum Gasteiger partial charge on any atom is 0.174 e. The Morgan fingerprint density at radius 3 is 1.49 bits per heavy atom. The summed E-state index contributed by atoms with van der Waals surface area (Å²) in [4.78, 5) is 0. The number of methoxy groups -OCH3 is 2. The molecule has 1 spiro atoms. The third-order valence-corrected chi connectivity index (χ3v) is 6.39. The minimum absolute atomic E-state index is 0.314. The quantitative estimate of drug-likeness (QED) is 0.527. The highest BCUT2D eigenvalue weighted by molar-refractivity contribution is 5.27. The summed E-state index contributed by atoms with van der Waals surface area (Å²) in [5.74, 6) is 0.548. The molecule has 0 radical (unpaired) electrons. The van der Waals surface area contributed by atoms with Gasteiger partial charge in [-0.05, 0) is 35.4 Å². The van der Waals surface area contributed by atoms with Gasteiger partial charge in [0.05, 0.1) is 65.1 Å². The van der Waals surface area contributed by atoms with Gasteiger partial charge in [0, 0.05) is 25.7 Å². The number of aliphatic hydroxyl groups is 2. The highest BCUT2D eigenvalue weighted by atomic mass is 16.7. The predicted octanol–water partition coefficient (Wildman–Crippen LogP) is 3.21. The Kier molecular flexibility index (Phi) is 8.99. The van der Waals surface area contributed by atoms with E-state index in [1.165, 1.54) is 0 Å². The van der Waals surface area contributed by atoms with Crippen LogP contribution in [0.3, 0.4) is 0 Å². The van der Waals surface area contributed by atoms with Gasteiger partial charge in [0.2, 0.25) is 0 Å². The highest BCUT2D eigenvalue weighted by Gasteiger charge is 2.48. The minimum Gasteiger partial charge on any atom is -0.497 e. The molecule has 2 aromatic rings. The van der Waals surface area contributed by atoms with Gasteiger partial charge in [-0.3, -0.25) is 0 Å². The third kappa shape index (κ3) is 7.39. The maximum atomic E-state index is 10.6. The largest absolute Gasteiger partial charge is 0.497 e. The van der Waals surface area contributed by atoms with E-state index in [0.29, 0.717) is 52.1 Å². The smallest absolute Gasteiger partial charge is 0.174 e. The van der Waals surface area contributed by atoms with Crippen molar-refractivity contribution in [2.45, 2.75) is 69.1 Å². The second-order valence-corrected chi connectivity index (χ2v) is 9.30. The monoisotopic (exact) mass is 488 g/mol. The van der Waals surface area contributed by atoms with Crippen LogP contribution < -0.4 is 9.47 Å². The minimum atomic E-state index is -1.04. The Morgan fingerprint density at radius 1 is 0.714 bits per heavy atom. The van der Waals surface area contributed by atoms with Crippen molar-refractivity contribution in [1.29, 1.82) is 0 Å². The van der Waals surface area contributed by atoms with Gasteiger partial charge in [0.1, 0.15) is 11.5 Å². The van der Waals surface area contributed by atoms with Crippen molar-refractivity contribution >= 4 is 0 Å². The fourth-order valence-electron chi connectivity index (χ4n) is 4.76. The molecule has 4 atom stereocenters. The van der Waals surface area contributed by atoms with Crippen molar-refractivity contribution < 1.29 is 38.6 Å². The van der Waals surface area contributed by atoms with Gasteiger partial charge in [0.15, 0.2) is 5.79 Å². The molecule has 0 aliphatic carbocycles. The first-order valence-corrected chi connectivity index (χ1v) is 12.1. The second kappa shape index (κ2) is 12.2. The van der Waals surface area contributed by atoms with Gasteiger partial charge in [-0.1, -0.05) is 24.3 Å². The molecular weight excluding hydrogens is 452 g/mol. The average Bonchev–Trinajstić information content (AvgIpc) is 2.84. The lowest BCUT2D eigenvalue weighted by Gasteiger charge is -2.48. The van der Waals surface area contributed by atoms with Crippen LogP contribution in [0.5, 0.6) is 11.5 Å². The molecule has 4 rings (SSSR count). The lowest BCUT2D eigenvalue weighted by atomic mass is 9.90. The summed E-state index contributed by atoms with van der Waals surface area (Å²) in [7, 11) is 3.27. The van der Waals surface area contributed by atoms with Gasteiger partial charge in [-0.15, -0.1) is 0 Å². The molecule has 8 heteroatoms. The summed E-state index contributed by atoms with van der Waals surface area (Å²) < 4.78 is 34.7. The summed E-state index contributed by atoms with van der Waals surface area (Å²) in [5.41, 5.74) is 2.05. The first kappa shape index (κ1) is 25.9. The van der Waals surface area contributed by atoms with Crippen LogP contribution in [0, 0.1) is 0 Å². The molecule has 2 aliphatic heterocycles. The van der Waals surface area contributed by atoms with E-state index in [4.69, 9.17) is 28.4 Å². The summed E-state index contributed by atoms with van der Waals surface area (Å²) in [5, 5.41) is 21.1. The SMILES string of the molecule is COc1ccc(COCC2CC(O)CC3(CC(O)CC(COCc4ccc(OC)cc4)O3)O2)cc1. The molecule has 0 saturated carbocycles. The normalized spacial score (nSPS) is 28.7. The van der Waals surface area contributed by atoms with E-state index >= 15 is 0 Å². The standard InChI is InChI=1S/C27H36O8/c1-30-23-7-3-19(4-8-23)15-32-17-25-11-21(28)13-27(34-25)14-22(29)12-26(35-27)18-33-16-20-5-9-24(31-2)10-6-20/h3-10,21-22,25-26,28-29H,11-18H2,1-2H3. The van der Waals surface area contributed by atoms with E-state index in [-0.39, 0.29) is 12.2 Å². The summed E-state index contributed by atoms with van der Waals surface area (Å²) >= 11 is 0.